The van der Waals surface area contributed by atoms with Crippen molar-refractivity contribution in [1.29, 1.82) is 0 Å². The van der Waals surface area contributed by atoms with Crippen LogP contribution in [0.2, 0.25) is 0 Å². The van der Waals surface area contributed by atoms with Gasteiger partial charge in [-0.15, -0.1) is 0 Å². The fourth-order valence-corrected chi connectivity index (χ4v) is 4.43. The minimum absolute atomic E-state index is 0.223. The lowest BCUT2D eigenvalue weighted by atomic mass is 10.1. The van der Waals surface area contributed by atoms with Crippen LogP contribution in [-0.2, 0) is 6.54 Å². The van der Waals surface area contributed by atoms with Gasteiger partial charge in [0.2, 0.25) is 5.95 Å². The molecule has 6 nitrogen and oxygen atoms in total. The molecule has 0 radical (unpaired) electrons. The molecule has 154 valence electrons. The van der Waals surface area contributed by atoms with E-state index in [1.807, 2.05) is 13.0 Å². The second-order valence-electron chi connectivity index (χ2n) is 8.38. The molecule has 29 heavy (non-hydrogen) atoms. The smallest absolute Gasteiger partial charge is 0.204 e. The third-order valence-electron chi connectivity index (χ3n) is 6.02. The highest BCUT2D eigenvalue weighted by molar-refractivity contribution is 5.82. The van der Waals surface area contributed by atoms with Crippen LogP contribution in [0, 0.1) is 20.8 Å². The van der Waals surface area contributed by atoms with E-state index in [9.17, 15) is 5.11 Å². The van der Waals surface area contributed by atoms with E-state index in [0.29, 0.717) is 18.3 Å². The molecule has 0 bridgehead atoms. The van der Waals surface area contributed by atoms with Gasteiger partial charge < -0.3 is 19.9 Å². The quantitative estimate of drug-likeness (QED) is 0.662. The molecule has 0 aliphatic carbocycles. The van der Waals surface area contributed by atoms with Gasteiger partial charge in [-0.2, -0.15) is 0 Å². The highest BCUT2D eigenvalue weighted by atomic mass is 16.3. The van der Waals surface area contributed by atoms with E-state index in [1.54, 1.807) is 6.07 Å². The first kappa shape index (κ1) is 19.7. The van der Waals surface area contributed by atoms with Crippen molar-refractivity contribution in [2.24, 2.45) is 0 Å². The summed E-state index contributed by atoms with van der Waals surface area (Å²) >= 11 is 0. The zero-order valence-electron chi connectivity index (χ0n) is 17.9. The van der Waals surface area contributed by atoms with Crippen molar-refractivity contribution in [3.8, 4) is 5.75 Å². The Morgan fingerprint density at radius 2 is 2.00 bits per heavy atom. The number of imidazole rings is 1. The first-order valence-electron chi connectivity index (χ1n) is 10.5. The van der Waals surface area contributed by atoms with Crippen LogP contribution in [0.5, 0.6) is 5.75 Å². The number of benzene rings is 1. The fraction of sp³-hybridized carbons (Fsp3) is 0.478. The number of fused-ring (bicyclic) bond motifs is 1. The number of hydrogen-bond acceptors (Lipinski definition) is 5. The summed E-state index contributed by atoms with van der Waals surface area (Å²) in [5, 5.41) is 13.9. The molecule has 1 fully saturated rings. The SMILES string of the molecule is Cc1cc(C)c2nc(NCCC3CCCN3C)n(Cc3nc(C)ccc3O)c2c1. The van der Waals surface area contributed by atoms with E-state index in [4.69, 9.17) is 4.98 Å². The number of likely N-dealkylation sites (tertiary alicyclic amines) is 1. The molecule has 1 aliphatic heterocycles. The molecule has 1 saturated heterocycles. The number of anilines is 1. The lowest BCUT2D eigenvalue weighted by Crippen LogP contribution is -2.27. The average molecular weight is 394 g/mol. The Morgan fingerprint density at radius 3 is 2.76 bits per heavy atom. The number of aryl methyl sites for hydroxylation is 3. The zero-order chi connectivity index (χ0) is 20.5. The second kappa shape index (κ2) is 8.03. The first-order valence-corrected chi connectivity index (χ1v) is 10.5. The summed E-state index contributed by atoms with van der Waals surface area (Å²) in [4.78, 5) is 11.9. The Labute approximate surface area is 172 Å². The summed E-state index contributed by atoms with van der Waals surface area (Å²) < 4.78 is 2.15. The van der Waals surface area contributed by atoms with Crippen molar-refractivity contribution in [3.63, 3.8) is 0 Å². The van der Waals surface area contributed by atoms with Crippen molar-refractivity contribution in [3.05, 3.63) is 46.8 Å². The maximum absolute atomic E-state index is 10.3. The van der Waals surface area contributed by atoms with E-state index in [0.717, 1.165) is 35.6 Å². The Kier molecular flexibility index (Phi) is 5.46. The molecule has 2 aromatic heterocycles. The molecule has 0 spiro atoms. The Hall–Kier alpha value is -2.60. The summed E-state index contributed by atoms with van der Waals surface area (Å²) in [5.74, 6) is 1.07. The third kappa shape index (κ3) is 4.08. The van der Waals surface area contributed by atoms with Crippen molar-refractivity contribution >= 4 is 17.0 Å². The summed E-state index contributed by atoms with van der Waals surface area (Å²) in [5.41, 5.74) is 6.01. The highest BCUT2D eigenvalue weighted by Crippen LogP contribution is 2.27. The molecular weight excluding hydrogens is 362 g/mol. The fourth-order valence-electron chi connectivity index (χ4n) is 4.43. The van der Waals surface area contributed by atoms with E-state index in [-0.39, 0.29) is 5.75 Å². The number of aromatic nitrogens is 3. The monoisotopic (exact) mass is 393 g/mol. The van der Waals surface area contributed by atoms with Gasteiger partial charge >= 0.3 is 0 Å². The van der Waals surface area contributed by atoms with E-state index >= 15 is 0 Å². The van der Waals surface area contributed by atoms with Crippen LogP contribution >= 0.6 is 0 Å². The topological polar surface area (TPSA) is 66.2 Å². The van der Waals surface area contributed by atoms with Crippen LogP contribution in [0.25, 0.3) is 11.0 Å². The van der Waals surface area contributed by atoms with E-state index in [1.165, 1.54) is 30.5 Å². The maximum Gasteiger partial charge on any atom is 0.204 e. The minimum Gasteiger partial charge on any atom is -0.506 e. The summed E-state index contributed by atoms with van der Waals surface area (Å²) in [6.07, 6.45) is 3.66. The maximum atomic E-state index is 10.3. The predicted molar refractivity (Wildman–Crippen MR) is 118 cm³/mol. The van der Waals surface area contributed by atoms with Gasteiger partial charge in [-0.1, -0.05) is 6.07 Å². The van der Waals surface area contributed by atoms with Crippen LogP contribution in [0.4, 0.5) is 5.95 Å². The standard InChI is InChI=1S/C23H31N5O/c1-15-12-16(2)22-20(13-15)28(14-19-21(29)8-7-17(3)25-19)23(26-22)24-10-9-18-6-5-11-27(18)4/h7-8,12-13,18,29H,5-6,9-11,14H2,1-4H3,(H,24,26). The van der Waals surface area contributed by atoms with Gasteiger partial charge in [-0.05, 0) is 83.0 Å². The molecule has 0 amide bonds. The summed E-state index contributed by atoms with van der Waals surface area (Å²) in [7, 11) is 2.21. The van der Waals surface area contributed by atoms with Crippen molar-refractivity contribution < 1.29 is 5.11 Å². The average Bonchev–Trinajstić information content (AvgIpc) is 3.23. The first-order chi connectivity index (χ1) is 13.9. The molecule has 1 unspecified atom stereocenters. The number of pyridine rings is 1. The minimum atomic E-state index is 0.223. The van der Waals surface area contributed by atoms with Gasteiger partial charge in [0.15, 0.2) is 0 Å². The molecule has 0 saturated carbocycles. The number of hydrogen-bond donors (Lipinski definition) is 2. The van der Waals surface area contributed by atoms with Crippen molar-refractivity contribution in [2.75, 3.05) is 25.5 Å². The largest absolute Gasteiger partial charge is 0.506 e. The molecule has 2 N–H and O–H groups in total. The second-order valence-corrected chi connectivity index (χ2v) is 8.38. The molecule has 3 heterocycles. The lowest BCUT2D eigenvalue weighted by Gasteiger charge is -2.19. The van der Waals surface area contributed by atoms with Gasteiger partial charge in [0, 0.05) is 18.3 Å². The van der Waals surface area contributed by atoms with Gasteiger partial charge in [-0.25, -0.2) is 4.98 Å². The molecule has 1 aromatic carbocycles. The molecule has 1 atom stereocenters. The highest BCUT2D eigenvalue weighted by Gasteiger charge is 2.21. The van der Waals surface area contributed by atoms with Crippen molar-refractivity contribution in [1.82, 2.24) is 19.4 Å². The lowest BCUT2D eigenvalue weighted by molar-refractivity contribution is 0.301. The van der Waals surface area contributed by atoms with Crippen LogP contribution in [0.1, 0.15) is 41.8 Å². The molecule has 6 heteroatoms. The van der Waals surface area contributed by atoms with Gasteiger partial charge in [0.25, 0.3) is 0 Å². The van der Waals surface area contributed by atoms with Crippen LogP contribution in [0.3, 0.4) is 0 Å². The van der Waals surface area contributed by atoms with Crippen molar-refractivity contribution in [2.45, 2.75) is 52.6 Å². The van der Waals surface area contributed by atoms with Gasteiger partial charge in [-0.3, -0.25) is 4.98 Å². The predicted octanol–water partition coefficient (Wildman–Crippen LogP) is 4.01. The zero-order valence-corrected chi connectivity index (χ0v) is 17.9. The number of nitrogens with zero attached hydrogens (tertiary/aromatic N) is 4. The molecule has 3 aromatic rings. The number of rotatable bonds is 6. The van der Waals surface area contributed by atoms with Gasteiger partial charge in [0.05, 0.1) is 17.6 Å². The Morgan fingerprint density at radius 1 is 1.17 bits per heavy atom. The summed E-state index contributed by atoms with van der Waals surface area (Å²) in [6, 6.07) is 8.52. The van der Waals surface area contributed by atoms with Gasteiger partial charge in [0.1, 0.15) is 11.4 Å². The van der Waals surface area contributed by atoms with Crippen LogP contribution < -0.4 is 5.32 Å². The Balaban J connectivity index is 1.66. The number of aromatic hydroxyl groups is 1. The third-order valence-corrected chi connectivity index (χ3v) is 6.02. The van der Waals surface area contributed by atoms with E-state index < -0.39 is 0 Å². The molecular formula is C23H31N5O. The normalized spacial score (nSPS) is 17.3. The Bertz CT molecular complexity index is 1030. The molecule has 4 rings (SSSR count). The molecule has 1 aliphatic rings. The number of nitrogens with one attached hydrogen (secondary N) is 1. The van der Waals surface area contributed by atoms with Crippen LogP contribution in [-0.4, -0.2) is 50.7 Å². The van der Waals surface area contributed by atoms with E-state index in [2.05, 4.69) is 52.8 Å². The van der Waals surface area contributed by atoms with Crippen LogP contribution in [0.15, 0.2) is 24.3 Å². The summed E-state index contributed by atoms with van der Waals surface area (Å²) in [6.45, 7) is 8.71.